The summed E-state index contributed by atoms with van der Waals surface area (Å²) in [6.07, 6.45) is 18.9. The molecule has 2 N–H and O–H groups in total. The van der Waals surface area contributed by atoms with Crippen LogP contribution in [0.3, 0.4) is 0 Å². The van der Waals surface area contributed by atoms with E-state index in [1.165, 1.54) is 83.5 Å². The average Bonchev–Trinajstić information content (AvgIpc) is 2.59. The average molecular weight is 372 g/mol. The number of aliphatic hydroxyl groups excluding tert-OH is 1. The zero-order chi connectivity index (χ0) is 19.5. The van der Waals surface area contributed by atoms with Crippen LogP contribution < -0.4 is 5.32 Å². The molecular formula is C23H49NO2. The highest BCUT2D eigenvalue weighted by atomic mass is 16.5. The molecule has 3 nitrogen and oxygen atoms in total. The molecular weight excluding hydrogens is 322 g/mol. The van der Waals surface area contributed by atoms with Crippen LogP contribution in [0.1, 0.15) is 118 Å². The lowest BCUT2D eigenvalue weighted by Crippen LogP contribution is -2.42. The third kappa shape index (κ3) is 21.9. The quantitative estimate of drug-likeness (QED) is 0.264. The fraction of sp³-hybridized carbons (Fsp3) is 1.00. The van der Waals surface area contributed by atoms with E-state index in [0.29, 0.717) is 13.2 Å². The molecule has 0 spiro atoms. The van der Waals surface area contributed by atoms with Gasteiger partial charge in [-0.2, -0.15) is 0 Å². The Morgan fingerprint density at radius 3 is 1.58 bits per heavy atom. The lowest BCUT2D eigenvalue weighted by Gasteiger charge is -2.22. The molecule has 1 unspecified atom stereocenters. The fourth-order valence-electron chi connectivity index (χ4n) is 3.10. The molecule has 0 aliphatic heterocycles. The molecule has 0 aliphatic carbocycles. The van der Waals surface area contributed by atoms with Gasteiger partial charge in [0.15, 0.2) is 0 Å². The summed E-state index contributed by atoms with van der Waals surface area (Å²) in [4.78, 5) is 0. The summed E-state index contributed by atoms with van der Waals surface area (Å²) in [6, 6.07) is 0. The highest BCUT2D eigenvalue weighted by Gasteiger charge is 2.11. The van der Waals surface area contributed by atoms with Crippen molar-refractivity contribution in [3.8, 4) is 0 Å². The third-order valence-electron chi connectivity index (χ3n) is 4.82. The molecule has 0 fully saturated rings. The van der Waals surface area contributed by atoms with Gasteiger partial charge < -0.3 is 15.2 Å². The molecule has 3 heteroatoms. The van der Waals surface area contributed by atoms with E-state index in [-0.39, 0.29) is 5.54 Å². The van der Waals surface area contributed by atoms with Crippen LogP contribution in [0.25, 0.3) is 0 Å². The maximum atomic E-state index is 9.84. The molecule has 0 amide bonds. The first-order chi connectivity index (χ1) is 12.5. The lowest BCUT2D eigenvalue weighted by molar-refractivity contribution is 0.0326. The summed E-state index contributed by atoms with van der Waals surface area (Å²) in [5.41, 5.74) is 0.0512. The smallest absolute Gasteiger partial charge is 0.0897 e. The van der Waals surface area contributed by atoms with Crippen molar-refractivity contribution in [1.29, 1.82) is 0 Å². The Balaban J connectivity index is 3.13. The number of aliphatic hydroxyl groups is 1. The van der Waals surface area contributed by atoms with Crippen molar-refractivity contribution in [2.24, 2.45) is 0 Å². The van der Waals surface area contributed by atoms with E-state index >= 15 is 0 Å². The van der Waals surface area contributed by atoms with Crippen LogP contribution in [0.2, 0.25) is 0 Å². The summed E-state index contributed by atoms with van der Waals surface area (Å²) in [6.45, 7) is 10.4. The van der Waals surface area contributed by atoms with Gasteiger partial charge in [0.1, 0.15) is 0 Å². The number of unbranched alkanes of at least 4 members (excludes halogenated alkanes) is 13. The molecule has 0 heterocycles. The van der Waals surface area contributed by atoms with Crippen molar-refractivity contribution in [3.05, 3.63) is 0 Å². The molecule has 0 aromatic rings. The number of β-amino-alcohol motifs (C(OH)–C–C–N with tert-alkyl or cyclic N) is 1. The standard InChI is InChI=1S/C23H49NO2/c1-5-6-7-8-9-10-11-12-13-14-15-16-17-18-19-26-21-22(25)20-24-23(2,3)4/h22,24-25H,5-21H2,1-4H3. The zero-order valence-corrected chi connectivity index (χ0v) is 18.5. The monoisotopic (exact) mass is 371 g/mol. The van der Waals surface area contributed by atoms with Crippen molar-refractivity contribution in [2.45, 2.75) is 129 Å². The highest BCUT2D eigenvalue weighted by Crippen LogP contribution is 2.13. The van der Waals surface area contributed by atoms with Crippen molar-refractivity contribution < 1.29 is 9.84 Å². The van der Waals surface area contributed by atoms with Gasteiger partial charge in [0.05, 0.1) is 12.7 Å². The first-order valence-electron chi connectivity index (χ1n) is 11.5. The molecule has 0 aromatic carbocycles. The molecule has 158 valence electrons. The lowest BCUT2D eigenvalue weighted by atomic mass is 10.0. The molecule has 0 saturated heterocycles. The minimum absolute atomic E-state index is 0.0512. The van der Waals surface area contributed by atoms with E-state index in [4.69, 9.17) is 4.74 Å². The fourth-order valence-corrected chi connectivity index (χ4v) is 3.10. The molecule has 0 saturated carbocycles. The van der Waals surface area contributed by atoms with Crippen LogP contribution >= 0.6 is 0 Å². The molecule has 0 rings (SSSR count). The first-order valence-corrected chi connectivity index (χ1v) is 11.5. The largest absolute Gasteiger partial charge is 0.389 e. The van der Waals surface area contributed by atoms with E-state index in [1.54, 1.807) is 0 Å². The van der Waals surface area contributed by atoms with Gasteiger partial charge >= 0.3 is 0 Å². The van der Waals surface area contributed by atoms with Crippen molar-refractivity contribution in [2.75, 3.05) is 19.8 Å². The van der Waals surface area contributed by atoms with Gasteiger partial charge in [-0.1, -0.05) is 90.4 Å². The molecule has 0 bridgehead atoms. The Morgan fingerprint density at radius 1 is 0.731 bits per heavy atom. The predicted molar refractivity (Wildman–Crippen MR) is 115 cm³/mol. The molecule has 26 heavy (non-hydrogen) atoms. The third-order valence-corrected chi connectivity index (χ3v) is 4.82. The number of hydrogen-bond acceptors (Lipinski definition) is 3. The second-order valence-corrected chi connectivity index (χ2v) is 8.96. The summed E-state index contributed by atoms with van der Waals surface area (Å²) >= 11 is 0. The maximum absolute atomic E-state index is 9.84. The molecule has 0 radical (unpaired) electrons. The minimum atomic E-state index is -0.402. The van der Waals surface area contributed by atoms with E-state index in [2.05, 4.69) is 33.0 Å². The molecule has 1 atom stereocenters. The number of rotatable bonds is 19. The van der Waals surface area contributed by atoms with Gasteiger partial charge in [-0.05, 0) is 27.2 Å². The molecule has 0 aromatic heterocycles. The number of hydrogen-bond donors (Lipinski definition) is 2. The predicted octanol–water partition coefficient (Wildman–Crippen LogP) is 6.23. The second-order valence-electron chi connectivity index (χ2n) is 8.96. The van der Waals surface area contributed by atoms with E-state index in [1.807, 2.05) is 0 Å². The highest BCUT2D eigenvalue weighted by molar-refractivity contribution is 4.72. The minimum Gasteiger partial charge on any atom is -0.389 e. The SMILES string of the molecule is CCCCCCCCCCCCCCCCOCC(O)CNC(C)(C)C. The summed E-state index contributed by atoms with van der Waals surface area (Å²) in [5, 5.41) is 13.1. The van der Waals surface area contributed by atoms with E-state index in [9.17, 15) is 5.11 Å². The Hall–Kier alpha value is -0.120. The van der Waals surface area contributed by atoms with Crippen LogP contribution in [-0.4, -0.2) is 36.5 Å². The van der Waals surface area contributed by atoms with Gasteiger partial charge in [0.2, 0.25) is 0 Å². The zero-order valence-electron chi connectivity index (χ0n) is 18.5. The Morgan fingerprint density at radius 2 is 1.15 bits per heavy atom. The topological polar surface area (TPSA) is 41.5 Å². The van der Waals surface area contributed by atoms with Gasteiger partial charge in [-0.3, -0.25) is 0 Å². The number of ether oxygens (including phenoxy) is 1. The Labute approximate surface area is 164 Å². The number of nitrogens with one attached hydrogen (secondary N) is 1. The van der Waals surface area contributed by atoms with Crippen LogP contribution in [0.4, 0.5) is 0 Å². The normalized spacial score (nSPS) is 13.3. The van der Waals surface area contributed by atoms with Crippen molar-refractivity contribution in [3.63, 3.8) is 0 Å². The summed E-state index contributed by atoms with van der Waals surface area (Å²) < 4.78 is 5.58. The van der Waals surface area contributed by atoms with Gasteiger partial charge in [0, 0.05) is 18.7 Å². The van der Waals surface area contributed by atoms with Crippen LogP contribution in [0, 0.1) is 0 Å². The van der Waals surface area contributed by atoms with Gasteiger partial charge in [-0.25, -0.2) is 0 Å². The van der Waals surface area contributed by atoms with E-state index < -0.39 is 6.10 Å². The van der Waals surface area contributed by atoms with Crippen LogP contribution in [0.15, 0.2) is 0 Å². The summed E-state index contributed by atoms with van der Waals surface area (Å²) in [5.74, 6) is 0. The van der Waals surface area contributed by atoms with E-state index in [0.717, 1.165) is 13.0 Å². The maximum Gasteiger partial charge on any atom is 0.0897 e. The van der Waals surface area contributed by atoms with Gasteiger partial charge in [0.25, 0.3) is 0 Å². The van der Waals surface area contributed by atoms with Crippen LogP contribution in [-0.2, 0) is 4.74 Å². The van der Waals surface area contributed by atoms with Crippen LogP contribution in [0.5, 0.6) is 0 Å². The molecule has 0 aliphatic rings. The van der Waals surface area contributed by atoms with Gasteiger partial charge in [-0.15, -0.1) is 0 Å². The Bertz CT molecular complexity index is 276. The van der Waals surface area contributed by atoms with Crippen molar-refractivity contribution in [1.82, 2.24) is 5.32 Å². The first kappa shape index (κ1) is 25.9. The second kappa shape index (κ2) is 18.3. The van der Waals surface area contributed by atoms with Crippen molar-refractivity contribution >= 4 is 0 Å². The Kier molecular flexibility index (Phi) is 18.2. The summed E-state index contributed by atoms with van der Waals surface area (Å²) in [7, 11) is 0.